The minimum atomic E-state index is 0.731. The molecule has 428 valence electrons. The van der Waals surface area contributed by atoms with Crippen LogP contribution in [0, 0.1) is 0 Å². The smallest absolute Gasteiger partial charge is 0.220 e. The molecule has 0 saturated carbocycles. The Labute approximate surface area is 524 Å². The number of para-hydroxylation sites is 6. The van der Waals surface area contributed by atoms with Crippen molar-refractivity contribution in [2.75, 3.05) is 5.32 Å². The molecular weight excluding hydrogens is 1110 g/mol. The number of nitrogens with one attached hydrogen (secondary N) is 1. The van der Waals surface area contributed by atoms with Gasteiger partial charge in [-0.1, -0.05) is 207 Å². The fourth-order valence-electron chi connectivity index (χ4n) is 15.1. The van der Waals surface area contributed by atoms with E-state index in [0.29, 0.717) is 0 Å². The highest BCUT2D eigenvalue weighted by molar-refractivity contribution is 6.13. The highest BCUT2D eigenvalue weighted by atomic mass is 15.2. The van der Waals surface area contributed by atoms with Gasteiger partial charge in [0.15, 0.2) is 0 Å². The van der Waals surface area contributed by atoms with E-state index in [2.05, 4.69) is 332 Å². The van der Waals surface area contributed by atoms with Crippen LogP contribution in [0.25, 0.3) is 150 Å². The average molecular weight is 1160 g/mol. The highest BCUT2D eigenvalue weighted by Crippen LogP contribution is 2.50. The zero-order chi connectivity index (χ0) is 59.8. The molecule has 0 spiro atoms. The Kier molecular flexibility index (Phi) is 11.3. The molecule has 0 aliphatic heterocycles. The quantitative estimate of drug-likeness (QED) is 0.140. The number of rotatable bonds is 11. The minimum Gasteiger partial charge on any atom is -0.354 e. The van der Waals surface area contributed by atoms with E-state index < -0.39 is 0 Å². The normalized spacial score (nSPS) is 12.2. The molecule has 0 bridgehead atoms. The number of imidazole rings is 2. The zero-order valence-electron chi connectivity index (χ0n) is 49.9. The van der Waals surface area contributed by atoms with E-state index in [0.717, 1.165) is 119 Å². The molecule has 1 aliphatic carbocycles. The molecular formula is C84H57N7. The van der Waals surface area contributed by atoms with Gasteiger partial charge in [-0.3, -0.25) is 8.97 Å². The molecule has 0 fully saturated rings. The summed E-state index contributed by atoms with van der Waals surface area (Å²) in [5.41, 5.74) is 29.8. The van der Waals surface area contributed by atoms with Gasteiger partial charge in [0.2, 0.25) is 5.78 Å². The first-order chi connectivity index (χ1) is 45.1. The molecule has 5 heterocycles. The van der Waals surface area contributed by atoms with Gasteiger partial charge in [0.1, 0.15) is 0 Å². The van der Waals surface area contributed by atoms with Gasteiger partial charge in [0, 0.05) is 61.5 Å². The van der Waals surface area contributed by atoms with E-state index in [9.17, 15) is 0 Å². The lowest BCUT2D eigenvalue weighted by molar-refractivity contribution is 1.05. The zero-order valence-corrected chi connectivity index (χ0v) is 49.9. The van der Waals surface area contributed by atoms with Crippen LogP contribution in [0.1, 0.15) is 23.7 Å². The van der Waals surface area contributed by atoms with Gasteiger partial charge in [-0.25, -0.2) is 4.98 Å². The summed E-state index contributed by atoms with van der Waals surface area (Å²) in [6.07, 6.45) is 1.68. The highest BCUT2D eigenvalue weighted by Gasteiger charge is 2.33. The van der Waals surface area contributed by atoms with Crippen molar-refractivity contribution in [3.05, 3.63) is 314 Å². The van der Waals surface area contributed by atoms with Gasteiger partial charge in [-0.15, -0.1) is 0 Å². The average Bonchev–Trinajstić information content (AvgIpc) is 1.60. The Morgan fingerprint density at radius 3 is 1.53 bits per heavy atom. The standard InChI is InChI=1S/C84H57N7/c1-2-61-82(58-39-43-66-68-52-77(68)89(76(66)50-58)78-47-55(53-23-7-3-8-24-53)40-44-69(78)85-59-27-11-5-12-28-59)81(88-71-35-19-15-31-62(71)63-32-16-20-36-72(63)88)51-67(83(61)90-73-37-21-17-33-64(73)65-34-18-22-38-74(65)90)57-41-45-70-79(49-57)91-80-48-56(54-25-9-4-10-26-54)42-46-75(80)87(84(91)86-70)60-29-13-6-14-30-60/h3-51,85H,2,52H2,1H3. The summed E-state index contributed by atoms with van der Waals surface area (Å²) in [4.78, 5) is 5.55. The van der Waals surface area contributed by atoms with Crippen LogP contribution in [0.3, 0.4) is 0 Å². The van der Waals surface area contributed by atoms with Crippen molar-refractivity contribution in [1.82, 2.24) is 27.7 Å². The van der Waals surface area contributed by atoms with Crippen molar-refractivity contribution < 1.29 is 0 Å². The second-order valence-corrected chi connectivity index (χ2v) is 24.2. The second-order valence-electron chi connectivity index (χ2n) is 24.2. The van der Waals surface area contributed by atoms with Crippen molar-refractivity contribution in [2.45, 2.75) is 19.8 Å². The molecule has 0 atom stereocenters. The first-order valence-electron chi connectivity index (χ1n) is 31.6. The maximum absolute atomic E-state index is 5.55. The monoisotopic (exact) mass is 1160 g/mol. The van der Waals surface area contributed by atoms with E-state index in [4.69, 9.17) is 4.98 Å². The maximum atomic E-state index is 5.55. The molecule has 19 rings (SSSR count). The predicted molar refractivity (Wildman–Crippen MR) is 379 cm³/mol. The van der Waals surface area contributed by atoms with Crippen molar-refractivity contribution in [2.24, 2.45) is 0 Å². The molecule has 7 heteroatoms. The number of anilines is 2. The molecule has 1 aliphatic rings. The Hall–Kier alpha value is -11.9. The number of aromatic nitrogens is 6. The summed E-state index contributed by atoms with van der Waals surface area (Å²) in [5.74, 6) is 0.867. The van der Waals surface area contributed by atoms with E-state index in [1.807, 2.05) is 0 Å². The minimum absolute atomic E-state index is 0.731. The van der Waals surface area contributed by atoms with E-state index in [1.165, 1.54) is 71.5 Å². The third-order valence-electron chi connectivity index (χ3n) is 19.2. The molecule has 0 saturated heterocycles. The largest absolute Gasteiger partial charge is 0.354 e. The fraction of sp³-hybridized carbons (Fsp3) is 0.0357. The lowest BCUT2D eigenvalue weighted by atomic mass is 9.88. The van der Waals surface area contributed by atoms with Crippen LogP contribution >= 0.6 is 0 Å². The molecule has 5 aromatic heterocycles. The van der Waals surface area contributed by atoms with Crippen LogP contribution < -0.4 is 5.32 Å². The van der Waals surface area contributed by atoms with Gasteiger partial charge in [-0.2, -0.15) is 0 Å². The van der Waals surface area contributed by atoms with Crippen molar-refractivity contribution >= 4 is 93.7 Å². The Morgan fingerprint density at radius 1 is 0.363 bits per heavy atom. The van der Waals surface area contributed by atoms with E-state index in [1.54, 1.807) is 0 Å². The number of hydrogen-bond acceptors (Lipinski definition) is 2. The second kappa shape index (κ2) is 20.1. The summed E-state index contributed by atoms with van der Waals surface area (Å²) in [6.45, 7) is 2.36. The van der Waals surface area contributed by atoms with Crippen LogP contribution in [0.4, 0.5) is 11.4 Å². The molecule has 1 N–H and O–H groups in total. The first kappa shape index (κ1) is 51.1. The molecule has 0 unspecified atom stereocenters. The number of benzene rings is 13. The van der Waals surface area contributed by atoms with Gasteiger partial charge in [0.25, 0.3) is 0 Å². The van der Waals surface area contributed by atoms with Crippen molar-refractivity contribution in [3.8, 4) is 67.3 Å². The fourth-order valence-corrected chi connectivity index (χ4v) is 15.1. The third-order valence-corrected chi connectivity index (χ3v) is 19.2. The summed E-state index contributed by atoms with van der Waals surface area (Å²) < 4.78 is 12.4. The summed E-state index contributed by atoms with van der Waals surface area (Å²) in [6, 6.07) is 109. The molecule has 18 aromatic rings. The number of hydrogen-bond donors (Lipinski definition) is 1. The molecule has 0 amide bonds. The van der Waals surface area contributed by atoms with Gasteiger partial charge in [0.05, 0.1) is 72.4 Å². The third kappa shape index (κ3) is 7.84. The van der Waals surface area contributed by atoms with E-state index >= 15 is 0 Å². The lowest BCUT2D eigenvalue weighted by Crippen LogP contribution is -2.09. The van der Waals surface area contributed by atoms with Crippen molar-refractivity contribution in [1.29, 1.82) is 0 Å². The first-order valence-corrected chi connectivity index (χ1v) is 31.6. The number of fused-ring (bicyclic) bond motifs is 14. The molecule has 91 heavy (non-hydrogen) atoms. The Morgan fingerprint density at radius 2 is 0.890 bits per heavy atom. The summed E-state index contributed by atoms with van der Waals surface area (Å²) in [7, 11) is 0. The number of nitrogens with zero attached hydrogens (tertiary/aromatic N) is 6. The van der Waals surface area contributed by atoms with E-state index in [-0.39, 0.29) is 0 Å². The SMILES string of the molecule is CCc1c(-c2ccc3c4c(n(-c5cc(-c6ccccc6)ccc5Nc5ccccc5)c3c2)C4)c(-n2c3ccccc3c3ccccc32)cc(-c2ccc3nc4n(-c5ccccc5)c5ccc(-c6ccccc6)cc5n4c3c2)c1-n1c2ccccc2c2ccccc21. The molecule has 13 aromatic carbocycles. The van der Waals surface area contributed by atoms with Crippen LogP contribution in [0.5, 0.6) is 0 Å². The molecule has 7 nitrogen and oxygen atoms in total. The molecule has 0 radical (unpaired) electrons. The Bertz CT molecular complexity index is 5870. The topological polar surface area (TPSA) is 49.1 Å². The van der Waals surface area contributed by atoms with Gasteiger partial charge >= 0.3 is 0 Å². The van der Waals surface area contributed by atoms with Gasteiger partial charge in [-0.05, 0) is 148 Å². The lowest BCUT2D eigenvalue weighted by Gasteiger charge is -2.26. The van der Waals surface area contributed by atoms with Gasteiger partial charge < -0.3 is 19.0 Å². The summed E-state index contributed by atoms with van der Waals surface area (Å²) >= 11 is 0. The maximum Gasteiger partial charge on any atom is 0.220 e. The summed E-state index contributed by atoms with van der Waals surface area (Å²) in [5, 5.41) is 10.0. The van der Waals surface area contributed by atoms with Crippen LogP contribution in [-0.4, -0.2) is 27.7 Å². The van der Waals surface area contributed by atoms with Crippen LogP contribution in [0.15, 0.2) is 297 Å². The van der Waals surface area contributed by atoms with Crippen LogP contribution in [0.2, 0.25) is 0 Å². The predicted octanol–water partition coefficient (Wildman–Crippen LogP) is 21.4. The van der Waals surface area contributed by atoms with Crippen molar-refractivity contribution in [3.63, 3.8) is 0 Å². The Balaban J connectivity index is 0.936. The van der Waals surface area contributed by atoms with Crippen LogP contribution in [-0.2, 0) is 12.8 Å².